The number of nitrogens with zero attached hydrogens (tertiary/aromatic N) is 1. The molecule has 176 valence electrons. The van der Waals surface area contributed by atoms with Crippen LogP contribution in [-0.4, -0.2) is 17.6 Å². The largest absolute Gasteiger partial charge is 0.416 e. The lowest BCUT2D eigenvalue weighted by Gasteiger charge is -2.31. The third kappa shape index (κ3) is 5.35. The molecule has 0 spiro atoms. The molecular weight excluding hydrogens is 462 g/mol. The van der Waals surface area contributed by atoms with Gasteiger partial charge in [0.2, 0.25) is 5.91 Å². The van der Waals surface area contributed by atoms with Crippen molar-refractivity contribution in [3.05, 3.63) is 69.5 Å². The Kier molecular flexibility index (Phi) is 7.11. The molecule has 2 atom stereocenters. The van der Waals surface area contributed by atoms with Crippen LogP contribution >= 0.6 is 11.6 Å². The zero-order chi connectivity index (χ0) is 24.5. The minimum atomic E-state index is -4.49. The van der Waals surface area contributed by atoms with Gasteiger partial charge in [-0.05, 0) is 23.8 Å². The van der Waals surface area contributed by atoms with E-state index in [1.165, 1.54) is 24.3 Å². The molecule has 33 heavy (non-hydrogen) atoms. The summed E-state index contributed by atoms with van der Waals surface area (Å²) in [5.74, 6) is -1.86. The zero-order valence-corrected chi connectivity index (χ0v) is 18.8. The maximum absolute atomic E-state index is 15.4. The standard InChI is InChI=1S/C23H22ClF4N3O2/c1-11(2)21(32)29-10-14-6-9-16(24)17(18(14)25)20-12(3)19(30-22(33)31-20)13-4-7-15(8-5-13)23(26,27)28/h4-9,11-12,19H,10H2,1-3H3,(H,29,32)(H,30,33). The summed E-state index contributed by atoms with van der Waals surface area (Å²) in [6.45, 7) is 5.00. The van der Waals surface area contributed by atoms with E-state index in [4.69, 9.17) is 11.6 Å². The monoisotopic (exact) mass is 483 g/mol. The lowest BCUT2D eigenvalue weighted by atomic mass is 9.85. The Balaban J connectivity index is 1.95. The van der Waals surface area contributed by atoms with Crippen LogP contribution < -0.4 is 10.6 Å². The summed E-state index contributed by atoms with van der Waals surface area (Å²) in [5, 5.41) is 5.27. The molecule has 10 heteroatoms. The topological polar surface area (TPSA) is 70.6 Å². The lowest BCUT2D eigenvalue weighted by molar-refractivity contribution is -0.137. The van der Waals surface area contributed by atoms with Crippen LogP contribution in [0.5, 0.6) is 0 Å². The van der Waals surface area contributed by atoms with E-state index in [9.17, 15) is 22.8 Å². The molecule has 1 heterocycles. The maximum Gasteiger partial charge on any atom is 0.416 e. The van der Waals surface area contributed by atoms with Crippen molar-refractivity contribution >= 4 is 29.3 Å². The van der Waals surface area contributed by atoms with Crippen LogP contribution in [0.25, 0.3) is 0 Å². The van der Waals surface area contributed by atoms with Gasteiger partial charge in [-0.25, -0.2) is 9.18 Å². The molecule has 2 aromatic rings. The van der Waals surface area contributed by atoms with E-state index >= 15 is 4.39 Å². The fourth-order valence-electron chi connectivity index (χ4n) is 3.55. The Hall–Kier alpha value is -2.94. The minimum absolute atomic E-state index is 0.0258. The normalized spacial score (nSPS) is 18.7. The van der Waals surface area contributed by atoms with Gasteiger partial charge < -0.3 is 10.6 Å². The first kappa shape index (κ1) is 24.7. The van der Waals surface area contributed by atoms with Crippen LogP contribution in [-0.2, 0) is 17.5 Å². The summed E-state index contributed by atoms with van der Waals surface area (Å²) in [6.07, 6.45) is -4.49. The highest BCUT2D eigenvalue weighted by molar-refractivity contribution is 6.34. The SMILES string of the molecule is CC(C)C(=O)NCc1ccc(Cl)c(C2=NC(=O)NC(c3ccc(C(F)(F)F)cc3)C2C)c1F. The molecule has 0 saturated heterocycles. The summed E-state index contributed by atoms with van der Waals surface area (Å²) in [4.78, 5) is 28.1. The average molecular weight is 484 g/mol. The van der Waals surface area contributed by atoms with Gasteiger partial charge >= 0.3 is 12.2 Å². The minimum Gasteiger partial charge on any atom is -0.352 e. The van der Waals surface area contributed by atoms with Gasteiger partial charge in [-0.15, -0.1) is 0 Å². The van der Waals surface area contributed by atoms with Gasteiger partial charge in [0.15, 0.2) is 0 Å². The van der Waals surface area contributed by atoms with Crippen molar-refractivity contribution in [2.24, 2.45) is 16.8 Å². The molecule has 0 aliphatic carbocycles. The number of urea groups is 1. The molecule has 3 rings (SSSR count). The second-order valence-electron chi connectivity index (χ2n) is 8.10. The Bertz CT molecular complexity index is 1100. The Labute approximate surface area is 193 Å². The lowest BCUT2D eigenvalue weighted by Crippen LogP contribution is -2.40. The highest BCUT2D eigenvalue weighted by Crippen LogP contribution is 2.35. The van der Waals surface area contributed by atoms with Crippen LogP contribution in [0.1, 0.15) is 49.1 Å². The predicted octanol–water partition coefficient (Wildman–Crippen LogP) is 5.66. The fourth-order valence-corrected chi connectivity index (χ4v) is 3.79. The second-order valence-corrected chi connectivity index (χ2v) is 8.51. The van der Waals surface area contributed by atoms with Crippen LogP contribution in [0, 0.1) is 17.7 Å². The third-order valence-corrected chi connectivity index (χ3v) is 5.75. The first-order chi connectivity index (χ1) is 15.4. The van der Waals surface area contributed by atoms with Gasteiger partial charge in [-0.3, -0.25) is 4.79 Å². The van der Waals surface area contributed by atoms with E-state index in [0.29, 0.717) is 5.56 Å². The van der Waals surface area contributed by atoms with Gasteiger partial charge in [0.05, 0.1) is 27.9 Å². The number of carbonyl (C=O) groups excluding carboxylic acids is 2. The number of aliphatic imine (C=N–C) groups is 1. The number of amides is 3. The van der Waals surface area contributed by atoms with E-state index in [0.717, 1.165) is 12.1 Å². The van der Waals surface area contributed by atoms with Crippen LogP contribution in [0.15, 0.2) is 41.4 Å². The quantitative estimate of drug-likeness (QED) is 0.539. The van der Waals surface area contributed by atoms with Crippen molar-refractivity contribution in [3.63, 3.8) is 0 Å². The zero-order valence-electron chi connectivity index (χ0n) is 18.1. The number of rotatable bonds is 5. The Morgan fingerprint density at radius 2 is 1.82 bits per heavy atom. The Morgan fingerprint density at radius 1 is 1.18 bits per heavy atom. The maximum atomic E-state index is 15.4. The molecule has 5 nitrogen and oxygen atoms in total. The van der Waals surface area contributed by atoms with Gasteiger partial charge in [0.1, 0.15) is 5.82 Å². The first-order valence-corrected chi connectivity index (χ1v) is 10.6. The van der Waals surface area contributed by atoms with Gasteiger partial charge in [0, 0.05) is 23.9 Å². The van der Waals surface area contributed by atoms with Gasteiger partial charge in [-0.2, -0.15) is 18.2 Å². The summed E-state index contributed by atoms with van der Waals surface area (Å²) >= 11 is 6.26. The molecular formula is C23H22ClF4N3O2. The van der Waals surface area contributed by atoms with Gasteiger partial charge in [-0.1, -0.05) is 50.6 Å². The summed E-state index contributed by atoms with van der Waals surface area (Å²) < 4.78 is 54.1. The van der Waals surface area contributed by atoms with Crippen molar-refractivity contribution in [3.8, 4) is 0 Å². The van der Waals surface area contributed by atoms with Crippen LogP contribution in [0.2, 0.25) is 5.02 Å². The number of alkyl halides is 3. The smallest absolute Gasteiger partial charge is 0.352 e. The fraction of sp³-hybridized carbons (Fsp3) is 0.348. The molecule has 1 aliphatic rings. The van der Waals surface area contributed by atoms with E-state index in [1.807, 2.05) is 0 Å². The van der Waals surface area contributed by atoms with Crippen molar-refractivity contribution in [2.75, 3.05) is 0 Å². The molecule has 2 N–H and O–H groups in total. The molecule has 0 fully saturated rings. The highest BCUT2D eigenvalue weighted by Gasteiger charge is 2.35. The number of hydrogen-bond donors (Lipinski definition) is 2. The average Bonchev–Trinajstić information content (AvgIpc) is 2.74. The van der Waals surface area contributed by atoms with Crippen molar-refractivity contribution in [2.45, 2.75) is 39.5 Å². The second kappa shape index (κ2) is 9.51. The van der Waals surface area contributed by atoms with E-state index in [2.05, 4.69) is 15.6 Å². The highest BCUT2D eigenvalue weighted by atomic mass is 35.5. The molecule has 0 aromatic heterocycles. The molecule has 2 unspecified atom stereocenters. The number of carbonyl (C=O) groups is 2. The Morgan fingerprint density at radius 3 is 2.39 bits per heavy atom. The summed E-state index contributed by atoms with van der Waals surface area (Å²) in [7, 11) is 0. The van der Waals surface area contributed by atoms with Crippen LogP contribution in [0.3, 0.4) is 0 Å². The predicted molar refractivity (Wildman–Crippen MR) is 117 cm³/mol. The summed E-state index contributed by atoms with van der Waals surface area (Å²) in [6, 6.07) is 5.76. The van der Waals surface area contributed by atoms with E-state index in [-0.39, 0.29) is 40.2 Å². The molecule has 1 aliphatic heterocycles. The molecule has 3 amide bonds. The van der Waals surface area contributed by atoms with Crippen molar-refractivity contribution in [1.82, 2.24) is 10.6 Å². The van der Waals surface area contributed by atoms with Gasteiger partial charge in [0.25, 0.3) is 0 Å². The molecule has 0 bridgehead atoms. The first-order valence-electron chi connectivity index (χ1n) is 10.2. The van der Waals surface area contributed by atoms with Crippen molar-refractivity contribution < 1.29 is 27.2 Å². The van der Waals surface area contributed by atoms with E-state index < -0.39 is 35.5 Å². The number of hydrogen-bond acceptors (Lipinski definition) is 2. The third-order valence-electron chi connectivity index (χ3n) is 5.43. The molecule has 0 saturated carbocycles. The molecule has 0 radical (unpaired) electrons. The van der Waals surface area contributed by atoms with E-state index in [1.54, 1.807) is 20.8 Å². The van der Waals surface area contributed by atoms with Crippen molar-refractivity contribution in [1.29, 1.82) is 0 Å². The van der Waals surface area contributed by atoms with Crippen LogP contribution in [0.4, 0.5) is 22.4 Å². The number of nitrogens with one attached hydrogen (secondary N) is 2. The number of benzene rings is 2. The molecule has 2 aromatic carbocycles. The number of halogens is 5. The summed E-state index contributed by atoms with van der Waals surface area (Å²) in [5.41, 5.74) is -0.251.